The largest absolute Gasteiger partial charge is 0.374 e. The number of hydrogen-bond donors (Lipinski definition) is 2. The molecule has 2 N–H and O–H groups in total. The van der Waals surface area contributed by atoms with Crippen molar-refractivity contribution in [1.82, 2.24) is 20.2 Å². The number of H-pyrrole nitrogens is 1. The molecule has 1 aromatic heterocycles. The number of aromatic nitrogens is 2. The Morgan fingerprint density at radius 2 is 2.08 bits per heavy atom. The Morgan fingerprint density at radius 3 is 2.85 bits per heavy atom. The number of carbonyl (C=O) groups is 1. The molecule has 2 aromatic carbocycles. The van der Waals surface area contributed by atoms with Crippen molar-refractivity contribution >= 4 is 16.9 Å². The fraction of sp³-hybridized carbons (Fsp3) is 0.300. The van der Waals surface area contributed by atoms with E-state index < -0.39 is 0 Å². The molecule has 2 heterocycles. The Morgan fingerprint density at radius 1 is 1.27 bits per heavy atom. The van der Waals surface area contributed by atoms with Crippen LogP contribution in [0.25, 0.3) is 22.4 Å². The number of benzene rings is 2. The molecule has 0 saturated carbocycles. The van der Waals surface area contributed by atoms with E-state index in [9.17, 15) is 4.79 Å². The zero-order valence-corrected chi connectivity index (χ0v) is 14.7. The van der Waals surface area contributed by atoms with Crippen LogP contribution in [-0.2, 0) is 4.74 Å². The molecular weight excluding hydrogens is 328 g/mol. The lowest BCUT2D eigenvalue weighted by Gasteiger charge is -2.30. The highest BCUT2D eigenvalue weighted by Gasteiger charge is 2.18. The first kappa shape index (κ1) is 16.8. The van der Waals surface area contributed by atoms with E-state index in [1.807, 2.05) is 48.5 Å². The van der Waals surface area contributed by atoms with Crippen molar-refractivity contribution in [1.29, 1.82) is 0 Å². The van der Waals surface area contributed by atoms with Gasteiger partial charge in [0.25, 0.3) is 5.91 Å². The van der Waals surface area contributed by atoms with Crippen molar-refractivity contribution in [2.24, 2.45) is 0 Å². The van der Waals surface area contributed by atoms with Gasteiger partial charge >= 0.3 is 0 Å². The van der Waals surface area contributed by atoms with E-state index in [4.69, 9.17) is 4.74 Å². The SMILES string of the molecule is CN1CCO[C@H](CNC(=O)c2ccc(-c3nc4ccccc4[nH]3)cc2)C1. The summed E-state index contributed by atoms with van der Waals surface area (Å²) < 4.78 is 5.67. The average Bonchev–Trinajstić information content (AvgIpc) is 3.10. The standard InChI is InChI=1S/C20H22N4O2/c1-24-10-11-26-16(13-24)12-21-20(25)15-8-6-14(7-9-15)19-22-17-4-2-3-5-18(17)23-19/h2-9,16H,10-13H2,1H3,(H,21,25)(H,22,23)/t16-/m1/s1. The summed E-state index contributed by atoms with van der Waals surface area (Å²) in [5.41, 5.74) is 3.52. The summed E-state index contributed by atoms with van der Waals surface area (Å²) in [4.78, 5) is 22.4. The minimum Gasteiger partial charge on any atom is -0.374 e. The van der Waals surface area contributed by atoms with Crippen LogP contribution < -0.4 is 5.32 Å². The third kappa shape index (κ3) is 3.61. The predicted octanol–water partition coefficient (Wildman–Crippen LogP) is 2.29. The number of aromatic amines is 1. The van der Waals surface area contributed by atoms with Crippen LogP contribution in [0.3, 0.4) is 0 Å². The zero-order chi connectivity index (χ0) is 17.9. The third-order valence-corrected chi connectivity index (χ3v) is 4.64. The summed E-state index contributed by atoms with van der Waals surface area (Å²) in [6, 6.07) is 15.4. The van der Waals surface area contributed by atoms with E-state index in [1.165, 1.54) is 0 Å². The Balaban J connectivity index is 1.41. The highest BCUT2D eigenvalue weighted by Crippen LogP contribution is 2.20. The van der Waals surface area contributed by atoms with E-state index in [1.54, 1.807) is 0 Å². The maximum Gasteiger partial charge on any atom is 0.251 e. The van der Waals surface area contributed by atoms with Gasteiger partial charge in [-0.25, -0.2) is 4.98 Å². The van der Waals surface area contributed by atoms with Crippen molar-refractivity contribution in [2.45, 2.75) is 6.10 Å². The lowest BCUT2D eigenvalue weighted by atomic mass is 10.1. The van der Waals surface area contributed by atoms with Crippen molar-refractivity contribution in [2.75, 3.05) is 33.3 Å². The van der Waals surface area contributed by atoms with Gasteiger partial charge in [-0.1, -0.05) is 24.3 Å². The number of amides is 1. The number of likely N-dealkylation sites (N-methyl/N-ethyl adjacent to an activating group) is 1. The van der Waals surface area contributed by atoms with Crippen LogP contribution in [-0.4, -0.2) is 60.2 Å². The lowest BCUT2D eigenvalue weighted by Crippen LogP contribution is -2.45. The van der Waals surface area contributed by atoms with Crippen molar-refractivity contribution in [3.8, 4) is 11.4 Å². The van der Waals surface area contributed by atoms with E-state index >= 15 is 0 Å². The number of carbonyl (C=O) groups excluding carboxylic acids is 1. The van der Waals surface area contributed by atoms with Crippen molar-refractivity contribution in [3.05, 3.63) is 54.1 Å². The van der Waals surface area contributed by atoms with Crippen LogP contribution in [0.2, 0.25) is 0 Å². The summed E-state index contributed by atoms with van der Waals surface area (Å²) in [5.74, 6) is 0.717. The third-order valence-electron chi connectivity index (χ3n) is 4.64. The van der Waals surface area contributed by atoms with Crippen LogP contribution >= 0.6 is 0 Å². The molecule has 0 radical (unpaired) electrons. The Labute approximate surface area is 152 Å². The molecular formula is C20H22N4O2. The Kier molecular flexibility index (Phi) is 4.69. The molecule has 1 aliphatic rings. The van der Waals surface area contributed by atoms with Gasteiger partial charge in [0, 0.05) is 30.8 Å². The molecule has 0 aliphatic carbocycles. The fourth-order valence-electron chi connectivity index (χ4n) is 3.17. The van der Waals surface area contributed by atoms with Gasteiger partial charge in [0.2, 0.25) is 0 Å². The minimum absolute atomic E-state index is 0.0486. The first-order valence-corrected chi connectivity index (χ1v) is 8.82. The molecule has 6 nitrogen and oxygen atoms in total. The highest BCUT2D eigenvalue weighted by molar-refractivity contribution is 5.94. The van der Waals surface area contributed by atoms with Crippen LogP contribution in [0.15, 0.2) is 48.5 Å². The number of imidazole rings is 1. The van der Waals surface area contributed by atoms with E-state index in [2.05, 4.69) is 27.2 Å². The normalized spacial score (nSPS) is 18.1. The van der Waals surface area contributed by atoms with E-state index in [0.29, 0.717) is 18.7 Å². The summed E-state index contributed by atoms with van der Waals surface area (Å²) >= 11 is 0. The predicted molar refractivity (Wildman–Crippen MR) is 101 cm³/mol. The number of fused-ring (bicyclic) bond motifs is 1. The number of para-hydroxylation sites is 2. The molecule has 4 rings (SSSR count). The fourth-order valence-corrected chi connectivity index (χ4v) is 3.17. The van der Waals surface area contributed by atoms with Crippen LogP contribution in [0, 0.1) is 0 Å². The Bertz CT molecular complexity index is 871. The van der Waals surface area contributed by atoms with Gasteiger partial charge in [0.1, 0.15) is 5.82 Å². The van der Waals surface area contributed by atoms with E-state index in [-0.39, 0.29) is 12.0 Å². The second-order valence-electron chi connectivity index (χ2n) is 6.64. The average molecular weight is 350 g/mol. The second kappa shape index (κ2) is 7.27. The molecule has 134 valence electrons. The van der Waals surface area contributed by atoms with Crippen LogP contribution in [0.1, 0.15) is 10.4 Å². The molecule has 1 aliphatic heterocycles. The second-order valence-corrected chi connectivity index (χ2v) is 6.64. The molecule has 1 amide bonds. The van der Waals surface area contributed by atoms with E-state index in [0.717, 1.165) is 35.5 Å². The summed E-state index contributed by atoms with van der Waals surface area (Å²) in [6.45, 7) is 3.01. The molecule has 6 heteroatoms. The molecule has 0 bridgehead atoms. The first-order valence-electron chi connectivity index (χ1n) is 8.82. The maximum absolute atomic E-state index is 12.4. The van der Waals surface area contributed by atoms with Gasteiger partial charge in [0.05, 0.1) is 23.7 Å². The number of hydrogen-bond acceptors (Lipinski definition) is 4. The molecule has 0 spiro atoms. The number of rotatable bonds is 4. The maximum atomic E-state index is 12.4. The van der Waals surface area contributed by atoms with Gasteiger partial charge in [-0.3, -0.25) is 4.79 Å². The Hall–Kier alpha value is -2.70. The summed E-state index contributed by atoms with van der Waals surface area (Å²) in [6.07, 6.45) is 0.0486. The van der Waals surface area contributed by atoms with Crippen molar-refractivity contribution in [3.63, 3.8) is 0 Å². The number of nitrogens with zero attached hydrogens (tertiary/aromatic N) is 2. The molecule has 0 unspecified atom stereocenters. The monoisotopic (exact) mass is 350 g/mol. The zero-order valence-electron chi connectivity index (χ0n) is 14.7. The highest BCUT2D eigenvalue weighted by atomic mass is 16.5. The number of nitrogens with one attached hydrogen (secondary N) is 2. The minimum atomic E-state index is -0.0852. The summed E-state index contributed by atoms with van der Waals surface area (Å²) in [7, 11) is 2.06. The van der Waals surface area contributed by atoms with Crippen LogP contribution in [0.5, 0.6) is 0 Å². The number of morpholine rings is 1. The van der Waals surface area contributed by atoms with Gasteiger partial charge in [-0.2, -0.15) is 0 Å². The topological polar surface area (TPSA) is 70.2 Å². The molecule has 3 aromatic rings. The van der Waals surface area contributed by atoms with Gasteiger partial charge in [0.15, 0.2) is 0 Å². The van der Waals surface area contributed by atoms with Gasteiger partial charge in [-0.05, 0) is 31.3 Å². The quantitative estimate of drug-likeness (QED) is 0.757. The molecule has 1 saturated heterocycles. The van der Waals surface area contributed by atoms with Crippen molar-refractivity contribution < 1.29 is 9.53 Å². The summed E-state index contributed by atoms with van der Waals surface area (Å²) in [5, 5.41) is 2.96. The molecule has 1 atom stereocenters. The molecule has 26 heavy (non-hydrogen) atoms. The first-order chi connectivity index (χ1) is 12.7. The lowest BCUT2D eigenvalue weighted by molar-refractivity contribution is -0.0175. The van der Waals surface area contributed by atoms with Gasteiger partial charge in [-0.15, -0.1) is 0 Å². The van der Waals surface area contributed by atoms with Crippen LogP contribution in [0.4, 0.5) is 0 Å². The molecule has 1 fully saturated rings. The number of ether oxygens (including phenoxy) is 1. The van der Waals surface area contributed by atoms with Gasteiger partial charge < -0.3 is 19.9 Å². The smallest absolute Gasteiger partial charge is 0.251 e.